The standard InChI is InChI=1S/C15H23N/c1-3-7-15(8-9-15)12-16-11-14-6-4-5-13(2)10-14/h4-6,10,16H,3,7-9,11-12H2,1-2H3. The van der Waals surface area contributed by atoms with E-state index in [0.29, 0.717) is 5.41 Å². The highest BCUT2D eigenvalue weighted by Crippen LogP contribution is 2.48. The molecule has 0 aliphatic heterocycles. The summed E-state index contributed by atoms with van der Waals surface area (Å²) in [6, 6.07) is 8.78. The molecule has 1 aromatic carbocycles. The van der Waals surface area contributed by atoms with Gasteiger partial charge in [0.2, 0.25) is 0 Å². The molecule has 0 unspecified atom stereocenters. The van der Waals surface area contributed by atoms with Crippen molar-refractivity contribution in [2.75, 3.05) is 6.54 Å². The zero-order chi connectivity index (χ0) is 11.4. The van der Waals surface area contributed by atoms with Crippen molar-refractivity contribution in [1.82, 2.24) is 5.32 Å². The molecule has 0 amide bonds. The van der Waals surface area contributed by atoms with Gasteiger partial charge in [-0.15, -0.1) is 0 Å². The Morgan fingerprint density at radius 2 is 2.12 bits per heavy atom. The van der Waals surface area contributed by atoms with Crippen LogP contribution in [0.15, 0.2) is 24.3 Å². The Balaban J connectivity index is 1.76. The molecular formula is C15H23N. The first-order valence-corrected chi connectivity index (χ1v) is 6.50. The van der Waals surface area contributed by atoms with E-state index in [1.165, 1.54) is 43.4 Å². The van der Waals surface area contributed by atoms with E-state index in [0.717, 1.165) is 6.54 Å². The van der Waals surface area contributed by atoms with Crippen LogP contribution in [0.4, 0.5) is 0 Å². The van der Waals surface area contributed by atoms with Crippen LogP contribution < -0.4 is 5.32 Å². The third-order valence-corrected chi connectivity index (χ3v) is 3.65. The molecule has 0 atom stereocenters. The molecule has 0 heterocycles. The Morgan fingerprint density at radius 1 is 1.31 bits per heavy atom. The van der Waals surface area contributed by atoms with E-state index in [9.17, 15) is 0 Å². The molecule has 1 N–H and O–H groups in total. The first-order chi connectivity index (χ1) is 7.74. The minimum atomic E-state index is 0.665. The van der Waals surface area contributed by atoms with Crippen LogP contribution in [-0.2, 0) is 6.54 Å². The smallest absolute Gasteiger partial charge is 0.0205 e. The Kier molecular flexibility index (Phi) is 3.65. The Bertz CT molecular complexity index is 339. The lowest BCUT2D eigenvalue weighted by Crippen LogP contribution is -2.23. The number of hydrogen-bond donors (Lipinski definition) is 1. The Hall–Kier alpha value is -0.820. The first kappa shape index (κ1) is 11.7. The SMILES string of the molecule is CCCC1(CNCc2cccc(C)c2)CC1. The minimum absolute atomic E-state index is 0.665. The summed E-state index contributed by atoms with van der Waals surface area (Å²) in [7, 11) is 0. The maximum Gasteiger partial charge on any atom is 0.0205 e. The van der Waals surface area contributed by atoms with E-state index in [1.807, 2.05) is 0 Å². The lowest BCUT2D eigenvalue weighted by Gasteiger charge is -2.15. The van der Waals surface area contributed by atoms with Crippen molar-refractivity contribution in [2.45, 2.75) is 46.1 Å². The number of benzene rings is 1. The Morgan fingerprint density at radius 3 is 2.75 bits per heavy atom. The molecule has 1 fully saturated rings. The summed E-state index contributed by atoms with van der Waals surface area (Å²) in [4.78, 5) is 0. The number of hydrogen-bond acceptors (Lipinski definition) is 1. The van der Waals surface area contributed by atoms with Gasteiger partial charge in [0.05, 0.1) is 0 Å². The monoisotopic (exact) mass is 217 g/mol. The topological polar surface area (TPSA) is 12.0 Å². The lowest BCUT2D eigenvalue weighted by atomic mass is 10.0. The highest BCUT2D eigenvalue weighted by atomic mass is 14.9. The van der Waals surface area contributed by atoms with Crippen LogP contribution in [0.1, 0.15) is 43.7 Å². The van der Waals surface area contributed by atoms with E-state index in [4.69, 9.17) is 0 Å². The fourth-order valence-corrected chi connectivity index (χ4v) is 2.52. The number of rotatable bonds is 6. The fourth-order valence-electron chi connectivity index (χ4n) is 2.52. The van der Waals surface area contributed by atoms with Crippen molar-refractivity contribution in [1.29, 1.82) is 0 Å². The second-order valence-corrected chi connectivity index (χ2v) is 5.34. The molecule has 88 valence electrons. The molecule has 0 radical (unpaired) electrons. The molecule has 1 aliphatic carbocycles. The summed E-state index contributed by atoms with van der Waals surface area (Å²) in [6.07, 6.45) is 5.59. The van der Waals surface area contributed by atoms with Gasteiger partial charge >= 0.3 is 0 Å². The van der Waals surface area contributed by atoms with Crippen molar-refractivity contribution < 1.29 is 0 Å². The second kappa shape index (κ2) is 5.01. The van der Waals surface area contributed by atoms with Gasteiger partial charge in [-0.05, 0) is 37.2 Å². The zero-order valence-corrected chi connectivity index (χ0v) is 10.6. The van der Waals surface area contributed by atoms with E-state index in [1.54, 1.807) is 0 Å². The van der Waals surface area contributed by atoms with Crippen LogP contribution in [0.3, 0.4) is 0 Å². The molecule has 1 heteroatoms. The van der Waals surface area contributed by atoms with Gasteiger partial charge in [-0.25, -0.2) is 0 Å². The van der Waals surface area contributed by atoms with E-state index in [2.05, 4.69) is 43.4 Å². The molecule has 0 bridgehead atoms. The first-order valence-electron chi connectivity index (χ1n) is 6.50. The molecular weight excluding hydrogens is 194 g/mol. The summed E-state index contributed by atoms with van der Waals surface area (Å²) < 4.78 is 0. The second-order valence-electron chi connectivity index (χ2n) is 5.34. The maximum atomic E-state index is 3.62. The zero-order valence-electron chi connectivity index (χ0n) is 10.6. The molecule has 0 saturated heterocycles. The van der Waals surface area contributed by atoms with Gasteiger partial charge in [0, 0.05) is 13.1 Å². The van der Waals surface area contributed by atoms with Gasteiger partial charge < -0.3 is 5.32 Å². The van der Waals surface area contributed by atoms with Crippen LogP contribution >= 0.6 is 0 Å². The van der Waals surface area contributed by atoms with Gasteiger partial charge in [-0.1, -0.05) is 43.2 Å². The lowest BCUT2D eigenvalue weighted by molar-refractivity contribution is 0.421. The summed E-state index contributed by atoms with van der Waals surface area (Å²) in [5, 5.41) is 3.62. The molecule has 2 rings (SSSR count). The largest absolute Gasteiger partial charge is 0.312 e. The van der Waals surface area contributed by atoms with Crippen molar-refractivity contribution in [3.05, 3.63) is 35.4 Å². The maximum absolute atomic E-state index is 3.62. The summed E-state index contributed by atoms with van der Waals surface area (Å²) in [5.74, 6) is 0. The van der Waals surface area contributed by atoms with Crippen molar-refractivity contribution in [3.63, 3.8) is 0 Å². The van der Waals surface area contributed by atoms with E-state index < -0.39 is 0 Å². The average molecular weight is 217 g/mol. The number of aryl methyl sites for hydroxylation is 1. The molecule has 0 aromatic heterocycles. The molecule has 1 aromatic rings. The highest BCUT2D eigenvalue weighted by Gasteiger charge is 2.40. The van der Waals surface area contributed by atoms with Crippen molar-refractivity contribution in [2.24, 2.45) is 5.41 Å². The highest BCUT2D eigenvalue weighted by molar-refractivity contribution is 5.22. The van der Waals surface area contributed by atoms with Crippen LogP contribution in [0.25, 0.3) is 0 Å². The average Bonchev–Trinajstić information content (AvgIpc) is 2.99. The van der Waals surface area contributed by atoms with Crippen LogP contribution in [0.5, 0.6) is 0 Å². The van der Waals surface area contributed by atoms with Gasteiger partial charge in [-0.2, -0.15) is 0 Å². The third kappa shape index (κ3) is 3.08. The Labute approximate surface area is 99.3 Å². The fraction of sp³-hybridized carbons (Fsp3) is 0.600. The van der Waals surface area contributed by atoms with Gasteiger partial charge in [0.25, 0.3) is 0 Å². The predicted molar refractivity (Wildman–Crippen MR) is 69.5 cm³/mol. The van der Waals surface area contributed by atoms with Gasteiger partial charge in [0.15, 0.2) is 0 Å². The van der Waals surface area contributed by atoms with E-state index >= 15 is 0 Å². The predicted octanol–water partition coefficient (Wildman–Crippen LogP) is 3.66. The quantitative estimate of drug-likeness (QED) is 0.766. The molecule has 1 nitrogen and oxygen atoms in total. The van der Waals surface area contributed by atoms with E-state index in [-0.39, 0.29) is 0 Å². The van der Waals surface area contributed by atoms with Crippen LogP contribution in [0.2, 0.25) is 0 Å². The van der Waals surface area contributed by atoms with Crippen molar-refractivity contribution >= 4 is 0 Å². The van der Waals surface area contributed by atoms with Gasteiger partial charge in [0.1, 0.15) is 0 Å². The third-order valence-electron chi connectivity index (χ3n) is 3.65. The molecule has 16 heavy (non-hydrogen) atoms. The molecule has 1 aliphatic rings. The molecule has 1 saturated carbocycles. The summed E-state index contributed by atoms with van der Waals surface area (Å²) >= 11 is 0. The van der Waals surface area contributed by atoms with Crippen LogP contribution in [-0.4, -0.2) is 6.54 Å². The minimum Gasteiger partial charge on any atom is -0.312 e. The summed E-state index contributed by atoms with van der Waals surface area (Å²) in [6.45, 7) is 6.67. The number of nitrogens with one attached hydrogen (secondary N) is 1. The normalized spacial score (nSPS) is 17.4. The van der Waals surface area contributed by atoms with Gasteiger partial charge in [-0.3, -0.25) is 0 Å². The van der Waals surface area contributed by atoms with Crippen molar-refractivity contribution in [3.8, 4) is 0 Å². The van der Waals surface area contributed by atoms with Crippen LogP contribution in [0, 0.1) is 12.3 Å². The molecule has 0 spiro atoms. The summed E-state index contributed by atoms with van der Waals surface area (Å²) in [5.41, 5.74) is 3.43.